The van der Waals surface area contributed by atoms with Crippen LogP contribution in [0.3, 0.4) is 0 Å². The quantitative estimate of drug-likeness (QED) is 0.831. The number of nitrogens with one attached hydrogen (secondary N) is 2. The fraction of sp³-hybridized carbons (Fsp3) is 0.278. The zero-order valence-electron chi connectivity index (χ0n) is 13.3. The molecule has 2 aromatic carbocycles. The van der Waals surface area contributed by atoms with Crippen LogP contribution in [0.5, 0.6) is 5.75 Å². The second-order valence-electron chi connectivity index (χ2n) is 5.34. The molecule has 2 aromatic rings. The van der Waals surface area contributed by atoms with Crippen molar-refractivity contribution in [3.05, 3.63) is 64.7 Å². The van der Waals surface area contributed by atoms with Gasteiger partial charge in [0.1, 0.15) is 5.75 Å². The van der Waals surface area contributed by atoms with E-state index in [1.807, 2.05) is 63.2 Å². The number of hydrogen-bond donors (Lipinski definition) is 2. The largest absolute Gasteiger partial charge is 0.473 e. The van der Waals surface area contributed by atoms with E-state index in [0.717, 1.165) is 22.4 Å². The minimum absolute atomic E-state index is 0.142. The van der Waals surface area contributed by atoms with E-state index in [2.05, 4.69) is 10.6 Å². The number of amides is 2. The van der Waals surface area contributed by atoms with Crippen LogP contribution in [0.1, 0.15) is 22.3 Å². The fourth-order valence-corrected chi connectivity index (χ4v) is 2.19. The van der Waals surface area contributed by atoms with Crippen molar-refractivity contribution in [3.63, 3.8) is 0 Å². The summed E-state index contributed by atoms with van der Waals surface area (Å²) in [4.78, 5) is 11.8. The molecule has 0 radical (unpaired) electrons. The number of benzene rings is 2. The first-order chi connectivity index (χ1) is 10.6. The van der Waals surface area contributed by atoms with E-state index in [0.29, 0.717) is 6.54 Å². The molecule has 4 nitrogen and oxygen atoms in total. The number of hydrogen-bond acceptors (Lipinski definition) is 2. The summed E-state index contributed by atoms with van der Waals surface area (Å²) < 4.78 is 5.57. The van der Waals surface area contributed by atoms with E-state index in [4.69, 9.17) is 4.74 Å². The summed E-state index contributed by atoms with van der Waals surface area (Å²) in [7, 11) is 0. The predicted molar refractivity (Wildman–Crippen MR) is 88.0 cm³/mol. The summed E-state index contributed by atoms with van der Waals surface area (Å²) in [6.45, 7) is 6.69. The van der Waals surface area contributed by atoms with Gasteiger partial charge in [0.05, 0.1) is 0 Å². The van der Waals surface area contributed by atoms with Crippen molar-refractivity contribution in [1.82, 2.24) is 10.6 Å². The lowest BCUT2D eigenvalue weighted by Crippen LogP contribution is -2.37. The van der Waals surface area contributed by atoms with Gasteiger partial charge in [0.15, 0.2) is 6.73 Å². The summed E-state index contributed by atoms with van der Waals surface area (Å²) in [6.07, 6.45) is 0. The van der Waals surface area contributed by atoms with Crippen LogP contribution in [0.2, 0.25) is 0 Å². The van der Waals surface area contributed by atoms with Crippen molar-refractivity contribution in [2.45, 2.75) is 27.3 Å². The summed E-state index contributed by atoms with van der Waals surface area (Å²) in [5, 5.41) is 5.51. The maximum atomic E-state index is 11.8. The second kappa shape index (κ2) is 7.50. The predicted octanol–water partition coefficient (Wildman–Crippen LogP) is 3.45. The molecule has 4 heteroatoms. The Labute approximate surface area is 131 Å². The molecule has 0 fully saturated rings. The van der Waals surface area contributed by atoms with Crippen LogP contribution < -0.4 is 15.4 Å². The molecule has 0 unspecified atom stereocenters. The molecule has 116 valence electrons. The third kappa shape index (κ3) is 4.52. The first-order valence-corrected chi connectivity index (χ1v) is 7.32. The van der Waals surface area contributed by atoms with Crippen molar-refractivity contribution in [2.24, 2.45) is 0 Å². The van der Waals surface area contributed by atoms with Crippen LogP contribution in [0.4, 0.5) is 4.79 Å². The maximum Gasteiger partial charge on any atom is 0.317 e. The molecule has 0 spiro atoms. The highest BCUT2D eigenvalue weighted by molar-refractivity contribution is 5.73. The summed E-state index contributed by atoms with van der Waals surface area (Å²) >= 11 is 0. The maximum absolute atomic E-state index is 11.8. The molecule has 0 bridgehead atoms. The van der Waals surface area contributed by atoms with Gasteiger partial charge in [0.25, 0.3) is 0 Å². The Bertz CT molecular complexity index is 653. The zero-order valence-corrected chi connectivity index (χ0v) is 13.3. The van der Waals surface area contributed by atoms with Crippen LogP contribution in [-0.4, -0.2) is 12.8 Å². The topological polar surface area (TPSA) is 50.4 Å². The average Bonchev–Trinajstić information content (AvgIpc) is 2.49. The van der Waals surface area contributed by atoms with Gasteiger partial charge in [-0.15, -0.1) is 0 Å². The van der Waals surface area contributed by atoms with E-state index in [1.54, 1.807) is 0 Å². The Hall–Kier alpha value is -2.49. The van der Waals surface area contributed by atoms with Gasteiger partial charge in [-0.3, -0.25) is 0 Å². The monoisotopic (exact) mass is 298 g/mol. The lowest BCUT2D eigenvalue weighted by atomic mass is 10.1. The molecule has 2 N–H and O–H groups in total. The van der Waals surface area contributed by atoms with Gasteiger partial charge in [-0.2, -0.15) is 0 Å². The molecule has 0 saturated carbocycles. The molecular weight excluding hydrogens is 276 g/mol. The fourth-order valence-electron chi connectivity index (χ4n) is 2.19. The lowest BCUT2D eigenvalue weighted by Gasteiger charge is -2.12. The average molecular weight is 298 g/mol. The molecule has 0 aliphatic heterocycles. The number of ether oxygens (including phenoxy) is 1. The van der Waals surface area contributed by atoms with Crippen molar-refractivity contribution < 1.29 is 9.53 Å². The van der Waals surface area contributed by atoms with E-state index in [9.17, 15) is 4.79 Å². The van der Waals surface area contributed by atoms with Crippen LogP contribution >= 0.6 is 0 Å². The first kappa shape index (κ1) is 15.9. The van der Waals surface area contributed by atoms with Gasteiger partial charge in [-0.25, -0.2) is 4.79 Å². The molecule has 22 heavy (non-hydrogen) atoms. The summed E-state index contributed by atoms with van der Waals surface area (Å²) in [6, 6.07) is 13.7. The highest BCUT2D eigenvalue weighted by Gasteiger charge is 2.03. The molecule has 0 saturated heterocycles. The molecule has 0 aromatic heterocycles. The second-order valence-corrected chi connectivity index (χ2v) is 5.34. The molecule has 0 aliphatic rings. The van der Waals surface area contributed by atoms with Crippen LogP contribution in [0.25, 0.3) is 0 Å². The normalized spacial score (nSPS) is 10.1. The number of rotatable bonds is 5. The Morgan fingerprint density at radius 2 is 1.77 bits per heavy atom. The third-order valence-corrected chi connectivity index (χ3v) is 3.49. The standard InChI is InChI=1S/C18H22N2O2/c1-13-8-9-17(15(3)10-13)22-12-20-18(21)19-11-16-7-5-4-6-14(16)2/h4-10H,11-12H2,1-3H3,(H2,19,20,21). The van der Waals surface area contributed by atoms with E-state index in [1.165, 1.54) is 5.56 Å². The van der Waals surface area contributed by atoms with Gasteiger partial charge in [-0.05, 0) is 43.5 Å². The number of carbonyl (C=O) groups excluding carboxylic acids is 1. The van der Waals surface area contributed by atoms with Crippen molar-refractivity contribution >= 4 is 6.03 Å². The summed E-state index contributed by atoms with van der Waals surface area (Å²) in [5.41, 5.74) is 4.51. The minimum atomic E-state index is -0.243. The van der Waals surface area contributed by atoms with Gasteiger partial charge in [0.2, 0.25) is 0 Å². The molecule has 2 rings (SSSR count). The molecule has 0 aliphatic carbocycles. The van der Waals surface area contributed by atoms with Crippen LogP contribution in [0.15, 0.2) is 42.5 Å². The van der Waals surface area contributed by atoms with Gasteiger partial charge in [0, 0.05) is 6.54 Å². The Balaban J connectivity index is 1.75. The number of aryl methyl sites for hydroxylation is 3. The Morgan fingerprint density at radius 1 is 1.00 bits per heavy atom. The third-order valence-electron chi connectivity index (χ3n) is 3.49. The molecule has 0 atom stereocenters. The number of carbonyl (C=O) groups is 1. The van der Waals surface area contributed by atoms with Crippen molar-refractivity contribution in [1.29, 1.82) is 0 Å². The highest BCUT2D eigenvalue weighted by atomic mass is 16.5. The lowest BCUT2D eigenvalue weighted by molar-refractivity contribution is 0.223. The van der Waals surface area contributed by atoms with Crippen LogP contribution in [0, 0.1) is 20.8 Å². The first-order valence-electron chi connectivity index (χ1n) is 7.32. The zero-order chi connectivity index (χ0) is 15.9. The summed E-state index contributed by atoms with van der Waals surface area (Å²) in [5.74, 6) is 0.782. The smallest absolute Gasteiger partial charge is 0.317 e. The van der Waals surface area contributed by atoms with Crippen molar-refractivity contribution in [3.8, 4) is 5.75 Å². The van der Waals surface area contributed by atoms with E-state index in [-0.39, 0.29) is 12.8 Å². The number of urea groups is 1. The van der Waals surface area contributed by atoms with Crippen LogP contribution in [-0.2, 0) is 6.54 Å². The van der Waals surface area contributed by atoms with Crippen molar-refractivity contribution in [2.75, 3.05) is 6.73 Å². The Morgan fingerprint density at radius 3 is 2.50 bits per heavy atom. The molecular formula is C18H22N2O2. The highest BCUT2D eigenvalue weighted by Crippen LogP contribution is 2.18. The Kier molecular flexibility index (Phi) is 5.42. The SMILES string of the molecule is Cc1ccc(OCNC(=O)NCc2ccccc2C)c(C)c1. The minimum Gasteiger partial charge on any atom is -0.473 e. The van der Waals surface area contributed by atoms with E-state index >= 15 is 0 Å². The molecule has 2 amide bonds. The van der Waals surface area contributed by atoms with Gasteiger partial charge >= 0.3 is 6.03 Å². The molecule has 0 heterocycles. The van der Waals surface area contributed by atoms with Gasteiger partial charge in [-0.1, -0.05) is 42.0 Å². The van der Waals surface area contributed by atoms with E-state index < -0.39 is 0 Å². The van der Waals surface area contributed by atoms with Gasteiger partial charge < -0.3 is 15.4 Å².